The fourth-order valence-electron chi connectivity index (χ4n) is 2.09. The van der Waals surface area contributed by atoms with Crippen LogP contribution in [-0.2, 0) is 6.54 Å². The van der Waals surface area contributed by atoms with Crippen LogP contribution in [0.2, 0.25) is 0 Å². The lowest BCUT2D eigenvalue weighted by Gasteiger charge is -2.20. The van der Waals surface area contributed by atoms with Crippen LogP contribution in [0, 0.1) is 6.92 Å². The predicted octanol–water partition coefficient (Wildman–Crippen LogP) is 3.00. The van der Waals surface area contributed by atoms with E-state index in [0.717, 1.165) is 11.3 Å². The third-order valence-corrected chi connectivity index (χ3v) is 3.41. The Morgan fingerprint density at radius 2 is 1.87 bits per heavy atom. The Kier molecular flexibility index (Phi) is 5.97. The van der Waals surface area contributed by atoms with E-state index in [9.17, 15) is 4.79 Å². The molecule has 0 spiro atoms. The first-order valence-corrected chi connectivity index (χ1v) is 7.66. The number of rotatable bonds is 6. The highest BCUT2D eigenvalue weighted by Crippen LogP contribution is 2.13. The van der Waals surface area contributed by atoms with Crippen molar-refractivity contribution in [3.8, 4) is 5.75 Å². The number of benzene rings is 1. The molecule has 5 nitrogen and oxygen atoms in total. The minimum absolute atomic E-state index is 0.101. The smallest absolute Gasteiger partial charge is 0.317 e. The third-order valence-electron chi connectivity index (χ3n) is 3.41. The second-order valence-electron chi connectivity index (χ2n) is 5.64. The molecule has 0 fully saturated rings. The molecule has 1 atom stereocenters. The van der Waals surface area contributed by atoms with Crippen molar-refractivity contribution in [3.63, 3.8) is 0 Å². The number of amides is 2. The maximum absolute atomic E-state index is 12.1. The van der Waals surface area contributed by atoms with E-state index >= 15 is 0 Å². The molecule has 1 aromatic carbocycles. The molecule has 5 heteroatoms. The summed E-state index contributed by atoms with van der Waals surface area (Å²) in [6.07, 6.45) is 3.34. The molecule has 0 radical (unpaired) electrons. The molecule has 1 heterocycles. The lowest BCUT2D eigenvalue weighted by Crippen LogP contribution is -2.41. The summed E-state index contributed by atoms with van der Waals surface area (Å²) in [6, 6.07) is 11.5. The average molecular weight is 313 g/mol. The number of carbonyl (C=O) groups excluding carboxylic acids is 1. The molecule has 1 N–H and O–H groups in total. The van der Waals surface area contributed by atoms with Gasteiger partial charge in [0.05, 0.1) is 6.54 Å². The Morgan fingerprint density at radius 1 is 1.22 bits per heavy atom. The minimum Gasteiger partial charge on any atom is -0.489 e. The quantitative estimate of drug-likeness (QED) is 0.892. The van der Waals surface area contributed by atoms with Gasteiger partial charge < -0.3 is 15.0 Å². The Morgan fingerprint density at radius 3 is 2.52 bits per heavy atom. The second kappa shape index (κ2) is 8.17. The monoisotopic (exact) mass is 313 g/mol. The molecule has 0 unspecified atom stereocenters. The van der Waals surface area contributed by atoms with Gasteiger partial charge in [0.2, 0.25) is 0 Å². The number of hydrogen-bond acceptors (Lipinski definition) is 3. The number of carbonyl (C=O) groups is 1. The van der Waals surface area contributed by atoms with E-state index in [1.807, 2.05) is 50.2 Å². The van der Waals surface area contributed by atoms with Gasteiger partial charge in [-0.3, -0.25) is 4.98 Å². The van der Waals surface area contributed by atoms with Crippen LogP contribution in [0.5, 0.6) is 5.75 Å². The fourth-order valence-corrected chi connectivity index (χ4v) is 2.09. The topological polar surface area (TPSA) is 54.5 Å². The lowest BCUT2D eigenvalue weighted by molar-refractivity contribution is 0.188. The van der Waals surface area contributed by atoms with Crippen molar-refractivity contribution in [3.05, 3.63) is 59.9 Å². The number of nitrogens with one attached hydrogen (secondary N) is 1. The number of nitrogens with zero attached hydrogens (tertiary/aromatic N) is 2. The molecule has 0 aliphatic rings. The largest absolute Gasteiger partial charge is 0.489 e. The SMILES string of the molecule is Cc1ccc(O[C@H](C)CNC(=O)N(C)Cc2ccncc2)cc1. The van der Waals surface area contributed by atoms with Gasteiger partial charge in [-0.15, -0.1) is 0 Å². The first-order valence-electron chi connectivity index (χ1n) is 7.66. The van der Waals surface area contributed by atoms with E-state index in [1.165, 1.54) is 5.56 Å². The van der Waals surface area contributed by atoms with Crippen LogP contribution in [0.4, 0.5) is 4.79 Å². The van der Waals surface area contributed by atoms with Crippen LogP contribution >= 0.6 is 0 Å². The Labute approximate surface area is 137 Å². The Hall–Kier alpha value is -2.56. The highest BCUT2D eigenvalue weighted by Gasteiger charge is 2.11. The lowest BCUT2D eigenvalue weighted by atomic mass is 10.2. The van der Waals surface area contributed by atoms with Gasteiger partial charge in [0, 0.05) is 26.0 Å². The molecule has 122 valence electrons. The molecule has 0 saturated carbocycles. The molecular formula is C18H23N3O2. The number of pyridine rings is 1. The summed E-state index contributed by atoms with van der Waals surface area (Å²) in [4.78, 5) is 17.7. The van der Waals surface area contributed by atoms with Gasteiger partial charge in [-0.25, -0.2) is 4.79 Å². The first kappa shape index (κ1) is 16.8. The van der Waals surface area contributed by atoms with Gasteiger partial charge in [-0.2, -0.15) is 0 Å². The van der Waals surface area contributed by atoms with E-state index < -0.39 is 0 Å². The van der Waals surface area contributed by atoms with Crippen molar-refractivity contribution in [2.45, 2.75) is 26.5 Å². The molecule has 2 aromatic rings. The molecular weight excluding hydrogens is 290 g/mol. The summed E-state index contributed by atoms with van der Waals surface area (Å²) in [6.45, 7) is 4.96. The molecule has 0 aliphatic carbocycles. The van der Waals surface area contributed by atoms with Crippen molar-refractivity contribution < 1.29 is 9.53 Å². The Balaban J connectivity index is 1.75. The van der Waals surface area contributed by atoms with Crippen molar-refractivity contribution in [2.75, 3.05) is 13.6 Å². The van der Waals surface area contributed by atoms with Crippen molar-refractivity contribution in [2.24, 2.45) is 0 Å². The van der Waals surface area contributed by atoms with Gasteiger partial charge in [-0.1, -0.05) is 17.7 Å². The van der Waals surface area contributed by atoms with Gasteiger partial charge in [-0.05, 0) is 43.7 Å². The number of ether oxygens (including phenoxy) is 1. The summed E-state index contributed by atoms with van der Waals surface area (Å²) in [5.41, 5.74) is 2.23. The third kappa shape index (κ3) is 5.62. The van der Waals surface area contributed by atoms with Crippen LogP contribution < -0.4 is 10.1 Å². The summed E-state index contributed by atoms with van der Waals surface area (Å²) in [5, 5.41) is 2.88. The molecule has 2 amide bonds. The van der Waals surface area contributed by atoms with E-state index in [1.54, 1.807) is 24.3 Å². The van der Waals surface area contributed by atoms with Crippen LogP contribution in [0.25, 0.3) is 0 Å². The van der Waals surface area contributed by atoms with Crippen molar-refractivity contribution >= 4 is 6.03 Å². The van der Waals surface area contributed by atoms with E-state index in [0.29, 0.717) is 13.1 Å². The van der Waals surface area contributed by atoms with Gasteiger partial charge in [0.1, 0.15) is 11.9 Å². The fraction of sp³-hybridized carbons (Fsp3) is 0.333. The highest BCUT2D eigenvalue weighted by molar-refractivity contribution is 5.73. The molecule has 0 aliphatic heterocycles. The van der Waals surface area contributed by atoms with Crippen LogP contribution in [0.1, 0.15) is 18.1 Å². The number of hydrogen-bond donors (Lipinski definition) is 1. The number of aryl methyl sites for hydroxylation is 1. The second-order valence-corrected chi connectivity index (χ2v) is 5.64. The number of aromatic nitrogens is 1. The van der Waals surface area contributed by atoms with Gasteiger partial charge >= 0.3 is 6.03 Å². The highest BCUT2D eigenvalue weighted by atomic mass is 16.5. The van der Waals surface area contributed by atoms with Gasteiger partial charge in [0.25, 0.3) is 0 Å². The normalized spacial score (nSPS) is 11.6. The zero-order valence-corrected chi connectivity index (χ0v) is 13.8. The van der Waals surface area contributed by atoms with E-state index in [2.05, 4.69) is 10.3 Å². The maximum atomic E-state index is 12.1. The summed E-state index contributed by atoms with van der Waals surface area (Å²) in [5.74, 6) is 0.808. The summed E-state index contributed by atoms with van der Waals surface area (Å²) in [7, 11) is 1.77. The van der Waals surface area contributed by atoms with E-state index in [4.69, 9.17) is 4.74 Å². The van der Waals surface area contributed by atoms with E-state index in [-0.39, 0.29) is 12.1 Å². The van der Waals surface area contributed by atoms with Crippen LogP contribution in [-0.4, -0.2) is 35.6 Å². The van der Waals surface area contributed by atoms with Crippen molar-refractivity contribution in [1.29, 1.82) is 0 Å². The van der Waals surface area contributed by atoms with Crippen molar-refractivity contribution in [1.82, 2.24) is 15.2 Å². The Bertz CT molecular complexity index is 614. The molecule has 0 saturated heterocycles. The standard InChI is InChI=1S/C18H23N3O2/c1-14-4-6-17(7-5-14)23-15(2)12-20-18(22)21(3)13-16-8-10-19-11-9-16/h4-11,15H,12-13H2,1-3H3,(H,20,22)/t15-/m1/s1. The van der Waals surface area contributed by atoms with Gasteiger partial charge in [0.15, 0.2) is 0 Å². The maximum Gasteiger partial charge on any atom is 0.317 e. The predicted molar refractivity (Wildman–Crippen MR) is 90.4 cm³/mol. The van der Waals surface area contributed by atoms with Crippen LogP contribution in [0.3, 0.4) is 0 Å². The average Bonchev–Trinajstić information content (AvgIpc) is 2.55. The summed E-state index contributed by atoms with van der Waals surface area (Å²) >= 11 is 0. The number of urea groups is 1. The molecule has 23 heavy (non-hydrogen) atoms. The molecule has 0 bridgehead atoms. The molecule has 1 aromatic heterocycles. The zero-order valence-electron chi connectivity index (χ0n) is 13.8. The molecule has 2 rings (SSSR count). The summed E-state index contributed by atoms with van der Waals surface area (Å²) < 4.78 is 5.78. The van der Waals surface area contributed by atoms with Crippen LogP contribution in [0.15, 0.2) is 48.8 Å². The first-order chi connectivity index (χ1) is 11.0. The zero-order chi connectivity index (χ0) is 16.7. The minimum atomic E-state index is -0.124.